The molecular formula is C22H25N5O3. The molecular weight excluding hydrogens is 382 g/mol. The summed E-state index contributed by atoms with van der Waals surface area (Å²) < 4.78 is 10.3. The van der Waals surface area contributed by atoms with E-state index in [0.29, 0.717) is 35.8 Å². The van der Waals surface area contributed by atoms with Gasteiger partial charge in [-0.25, -0.2) is 4.79 Å². The summed E-state index contributed by atoms with van der Waals surface area (Å²) in [7, 11) is 1.48. The Morgan fingerprint density at radius 3 is 2.97 bits per heavy atom. The van der Waals surface area contributed by atoms with Crippen LogP contribution in [-0.2, 0) is 17.8 Å². The van der Waals surface area contributed by atoms with E-state index in [9.17, 15) is 4.79 Å². The van der Waals surface area contributed by atoms with Crippen LogP contribution in [0.1, 0.15) is 38.2 Å². The van der Waals surface area contributed by atoms with Crippen molar-refractivity contribution in [3.05, 3.63) is 63.5 Å². The molecule has 0 bridgehead atoms. The summed E-state index contributed by atoms with van der Waals surface area (Å²) in [5, 5.41) is 15.5. The first kappa shape index (κ1) is 21.1. The molecule has 0 fully saturated rings. The number of nitriles is 1. The van der Waals surface area contributed by atoms with Gasteiger partial charge in [0.2, 0.25) is 5.88 Å². The van der Waals surface area contributed by atoms with Crippen LogP contribution in [0, 0.1) is 25.2 Å². The van der Waals surface area contributed by atoms with Crippen LogP contribution in [0.15, 0.2) is 30.1 Å². The standard InChI is InChI=1S/C22H25N5O3/c1-13-8-20(27-21(29-3)18(13)9-23)26-11-16(24)10-25-7-6-15-4-5-17-19(14(15)2)12-30-22(17)28/h4-5,8,11,25H,6-7,10,12,24H2,1-3H3,(H,26,27)/b16-11-. The molecule has 0 aliphatic carbocycles. The zero-order valence-corrected chi connectivity index (χ0v) is 17.3. The van der Waals surface area contributed by atoms with Crippen molar-refractivity contribution in [3.63, 3.8) is 0 Å². The first-order valence-corrected chi connectivity index (χ1v) is 9.60. The number of hydrogen-bond donors (Lipinski definition) is 3. The Labute approximate surface area is 175 Å². The molecule has 0 amide bonds. The molecule has 1 aromatic heterocycles. The second-order valence-electron chi connectivity index (χ2n) is 7.06. The third-order valence-corrected chi connectivity index (χ3v) is 5.07. The predicted molar refractivity (Wildman–Crippen MR) is 113 cm³/mol. The van der Waals surface area contributed by atoms with Crippen LogP contribution in [0.3, 0.4) is 0 Å². The van der Waals surface area contributed by atoms with Crippen molar-refractivity contribution in [1.29, 1.82) is 5.26 Å². The lowest BCUT2D eigenvalue weighted by Gasteiger charge is -2.11. The highest BCUT2D eigenvalue weighted by Gasteiger charge is 2.23. The maximum atomic E-state index is 11.6. The molecule has 0 radical (unpaired) electrons. The topological polar surface area (TPSA) is 122 Å². The van der Waals surface area contributed by atoms with Crippen molar-refractivity contribution < 1.29 is 14.3 Å². The first-order valence-electron chi connectivity index (χ1n) is 9.60. The number of rotatable bonds is 8. The van der Waals surface area contributed by atoms with E-state index in [1.807, 2.05) is 26.0 Å². The van der Waals surface area contributed by atoms with Crippen LogP contribution < -0.4 is 21.1 Å². The van der Waals surface area contributed by atoms with Crippen molar-refractivity contribution in [2.45, 2.75) is 26.9 Å². The number of cyclic esters (lactones) is 1. The summed E-state index contributed by atoms with van der Waals surface area (Å²) in [5.41, 5.74) is 11.8. The molecule has 0 unspecified atom stereocenters. The number of nitrogens with zero attached hydrogens (tertiary/aromatic N) is 2. The highest BCUT2D eigenvalue weighted by atomic mass is 16.5. The fraction of sp³-hybridized carbons (Fsp3) is 0.318. The lowest BCUT2D eigenvalue weighted by Crippen LogP contribution is -2.24. The number of carbonyl (C=O) groups is 1. The molecule has 1 aliphatic rings. The fourth-order valence-electron chi connectivity index (χ4n) is 3.34. The molecule has 2 heterocycles. The van der Waals surface area contributed by atoms with Crippen molar-refractivity contribution in [2.75, 3.05) is 25.5 Å². The summed E-state index contributed by atoms with van der Waals surface area (Å²) in [6.45, 7) is 5.45. The van der Waals surface area contributed by atoms with Crippen LogP contribution >= 0.6 is 0 Å². The second kappa shape index (κ2) is 9.29. The Balaban J connectivity index is 1.51. The number of aryl methyl sites for hydroxylation is 1. The van der Waals surface area contributed by atoms with Gasteiger partial charge in [-0.2, -0.15) is 10.2 Å². The van der Waals surface area contributed by atoms with E-state index in [0.717, 1.165) is 29.7 Å². The number of fused-ring (bicyclic) bond motifs is 1. The molecule has 0 spiro atoms. The maximum Gasteiger partial charge on any atom is 0.338 e. The van der Waals surface area contributed by atoms with E-state index >= 15 is 0 Å². The maximum absolute atomic E-state index is 11.6. The molecule has 4 N–H and O–H groups in total. The Hall–Kier alpha value is -3.57. The molecule has 0 saturated heterocycles. The molecule has 0 atom stereocenters. The Morgan fingerprint density at radius 1 is 1.43 bits per heavy atom. The lowest BCUT2D eigenvalue weighted by molar-refractivity contribution is 0.0535. The molecule has 8 nitrogen and oxygen atoms in total. The largest absolute Gasteiger partial charge is 0.480 e. The number of benzene rings is 1. The number of aromatic nitrogens is 1. The molecule has 30 heavy (non-hydrogen) atoms. The second-order valence-corrected chi connectivity index (χ2v) is 7.06. The zero-order valence-electron chi connectivity index (χ0n) is 17.3. The van der Waals surface area contributed by atoms with Gasteiger partial charge in [-0.05, 0) is 55.6 Å². The van der Waals surface area contributed by atoms with Crippen molar-refractivity contribution >= 4 is 11.8 Å². The minimum atomic E-state index is -0.243. The van der Waals surface area contributed by atoms with Gasteiger partial charge in [0.15, 0.2) is 0 Å². The summed E-state index contributed by atoms with van der Waals surface area (Å²) in [6.07, 6.45) is 2.49. The molecule has 8 heteroatoms. The normalized spacial score (nSPS) is 12.9. The third kappa shape index (κ3) is 4.53. The van der Waals surface area contributed by atoms with Gasteiger partial charge in [-0.15, -0.1) is 0 Å². The SMILES string of the molecule is COc1nc(N/C=C(\N)CNCCc2ccc3c(c2C)COC3=O)cc(C)c1C#N. The van der Waals surface area contributed by atoms with E-state index in [4.69, 9.17) is 20.5 Å². The number of anilines is 1. The first-order chi connectivity index (χ1) is 14.4. The number of hydrogen-bond acceptors (Lipinski definition) is 8. The van der Waals surface area contributed by atoms with Gasteiger partial charge < -0.3 is 25.8 Å². The number of ether oxygens (including phenoxy) is 2. The number of nitrogens with one attached hydrogen (secondary N) is 2. The minimum Gasteiger partial charge on any atom is -0.480 e. The van der Waals surface area contributed by atoms with Gasteiger partial charge >= 0.3 is 5.97 Å². The Bertz CT molecular complexity index is 1040. The number of carbonyl (C=O) groups excluding carboxylic acids is 1. The molecule has 156 valence electrons. The average Bonchev–Trinajstić information content (AvgIpc) is 3.12. The van der Waals surface area contributed by atoms with E-state index < -0.39 is 0 Å². The van der Waals surface area contributed by atoms with Crippen LogP contribution in [0.25, 0.3) is 0 Å². The van der Waals surface area contributed by atoms with Crippen LogP contribution in [-0.4, -0.2) is 31.2 Å². The Morgan fingerprint density at radius 2 is 2.23 bits per heavy atom. The fourth-order valence-corrected chi connectivity index (χ4v) is 3.34. The van der Waals surface area contributed by atoms with E-state index in [1.165, 1.54) is 12.7 Å². The van der Waals surface area contributed by atoms with Gasteiger partial charge in [-0.3, -0.25) is 0 Å². The highest BCUT2D eigenvalue weighted by molar-refractivity contribution is 5.93. The van der Waals surface area contributed by atoms with Gasteiger partial charge in [0, 0.05) is 24.0 Å². The highest BCUT2D eigenvalue weighted by Crippen LogP contribution is 2.26. The summed E-state index contributed by atoms with van der Waals surface area (Å²) in [4.78, 5) is 15.9. The number of esters is 1. The number of pyridine rings is 1. The lowest BCUT2D eigenvalue weighted by atomic mass is 9.97. The van der Waals surface area contributed by atoms with E-state index in [-0.39, 0.29) is 11.8 Å². The summed E-state index contributed by atoms with van der Waals surface area (Å²) in [6, 6.07) is 7.67. The van der Waals surface area contributed by atoms with E-state index in [1.54, 1.807) is 12.3 Å². The zero-order chi connectivity index (χ0) is 21.7. The number of nitrogens with two attached hydrogens (primary N) is 1. The predicted octanol–water partition coefficient (Wildman–Crippen LogP) is 2.29. The minimum absolute atomic E-state index is 0.243. The van der Waals surface area contributed by atoms with Crippen molar-refractivity contribution in [2.24, 2.45) is 5.73 Å². The van der Waals surface area contributed by atoms with Crippen molar-refractivity contribution in [3.8, 4) is 11.9 Å². The van der Waals surface area contributed by atoms with Crippen LogP contribution in [0.5, 0.6) is 5.88 Å². The molecule has 3 rings (SSSR count). The van der Waals surface area contributed by atoms with Gasteiger partial charge in [0.1, 0.15) is 24.1 Å². The van der Waals surface area contributed by atoms with Gasteiger partial charge in [-0.1, -0.05) is 6.07 Å². The van der Waals surface area contributed by atoms with Crippen LogP contribution in [0.2, 0.25) is 0 Å². The monoisotopic (exact) mass is 407 g/mol. The number of methoxy groups -OCH3 is 1. The molecule has 2 aromatic rings. The van der Waals surface area contributed by atoms with E-state index in [2.05, 4.69) is 21.7 Å². The quantitative estimate of drug-likeness (QED) is 0.450. The van der Waals surface area contributed by atoms with Crippen LogP contribution in [0.4, 0.5) is 5.82 Å². The molecule has 1 aliphatic heterocycles. The average molecular weight is 407 g/mol. The third-order valence-electron chi connectivity index (χ3n) is 5.07. The van der Waals surface area contributed by atoms with Crippen molar-refractivity contribution in [1.82, 2.24) is 10.3 Å². The summed E-state index contributed by atoms with van der Waals surface area (Å²) in [5.74, 6) is 0.589. The molecule has 1 aromatic carbocycles. The molecule has 0 saturated carbocycles. The van der Waals surface area contributed by atoms with Gasteiger partial charge in [0.25, 0.3) is 0 Å². The van der Waals surface area contributed by atoms with Gasteiger partial charge in [0.05, 0.1) is 12.7 Å². The smallest absolute Gasteiger partial charge is 0.338 e. The summed E-state index contributed by atoms with van der Waals surface area (Å²) >= 11 is 0. The Kier molecular flexibility index (Phi) is 6.54.